The van der Waals surface area contributed by atoms with Gasteiger partial charge in [0, 0.05) is 5.56 Å². The van der Waals surface area contributed by atoms with Gasteiger partial charge in [0.1, 0.15) is 5.76 Å². The molecule has 16 heavy (non-hydrogen) atoms. The second-order valence-corrected chi connectivity index (χ2v) is 5.05. The summed E-state index contributed by atoms with van der Waals surface area (Å²) < 4.78 is 5.33. The quantitative estimate of drug-likeness (QED) is 0.727. The van der Waals surface area contributed by atoms with Gasteiger partial charge in [0.05, 0.1) is 11.1 Å². The van der Waals surface area contributed by atoms with E-state index in [4.69, 9.17) is 4.42 Å². The van der Waals surface area contributed by atoms with E-state index in [0.29, 0.717) is 0 Å². The van der Waals surface area contributed by atoms with Crippen LogP contribution in [0.15, 0.2) is 34.9 Å². The minimum Gasteiger partial charge on any atom is -0.469 e. The van der Waals surface area contributed by atoms with Gasteiger partial charge >= 0.3 is 0 Å². The molecule has 1 atom stereocenters. The van der Waals surface area contributed by atoms with Crippen LogP contribution in [0, 0.1) is 20.8 Å². The molecule has 2 rings (SSSR count). The summed E-state index contributed by atoms with van der Waals surface area (Å²) in [6, 6.07) is 8.56. The van der Waals surface area contributed by atoms with E-state index in [1.54, 1.807) is 6.26 Å². The fraction of sp³-hybridized carbons (Fsp3) is 0.286. The smallest absolute Gasteiger partial charge is 0.105 e. The Morgan fingerprint density at radius 1 is 1.06 bits per heavy atom. The first-order valence-electron chi connectivity index (χ1n) is 5.35. The number of aryl methyl sites for hydroxylation is 3. The van der Waals surface area contributed by atoms with Crippen LogP contribution in [-0.4, -0.2) is 0 Å². The van der Waals surface area contributed by atoms with Crippen molar-refractivity contribution in [3.8, 4) is 0 Å². The maximum Gasteiger partial charge on any atom is 0.105 e. The minimum atomic E-state index is 0.213. The molecule has 0 bridgehead atoms. The summed E-state index contributed by atoms with van der Waals surface area (Å²) in [5.41, 5.74) is 5.12. The Balaban J connectivity index is 2.38. The van der Waals surface area contributed by atoms with Crippen molar-refractivity contribution >= 4 is 15.9 Å². The largest absolute Gasteiger partial charge is 0.469 e. The Hall–Kier alpha value is -1.02. The van der Waals surface area contributed by atoms with Gasteiger partial charge < -0.3 is 4.42 Å². The highest BCUT2D eigenvalue weighted by atomic mass is 79.9. The van der Waals surface area contributed by atoms with E-state index in [2.05, 4.69) is 48.0 Å². The molecule has 0 aliphatic carbocycles. The lowest BCUT2D eigenvalue weighted by Gasteiger charge is -2.11. The van der Waals surface area contributed by atoms with Crippen molar-refractivity contribution in [2.75, 3.05) is 0 Å². The Morgan fingerprint density at radius 3 is 2.38 bits per heavy atom. The van der Waals surface area contributed by atoms with E-state index in [1.807, 2.05) is 13.0 Å². The number of alkyl halides is 1. The lowest BCUT2D eigenvalue weighted by Crippen LogP contribution is -1.94. The van der Waals surface area contributed by atoms with Gasteiger partial charge in [-0.15, -0.1) is 0 Å². The Bertz CT molecular complexity index is 499. The molecule has 1 unspecified atom stereocenters. The first-order valence-corrected chi connectivity index (χ1v) is 6.26. The molecule has 84 valence electrons. The predicted octanol–water partition coefficient (Wildman–Crippen LogP) is 4.69. The molecule has 1 nitrogen and oxygen atoms in total. The summed E-state index contributed by atoms with van der Waals surface area (Å²) in [6.07, 6.45) is 1.74. The van der Waals surface area contributed by atoms with E-state index in [9.17, 15) is 0 Å². The van der Waals surface area contributed by atoms with E-state index >= 15 is 0 Å². The zero-order chi connectivity index (χ0) is 11.7. The van der Waals surface area contributed by atoms with Crippen molar-refractivity contribution in [3.63, 3.8) is 0 Å². The van der Waals surface area contributed by atoms with E-state index < -0.39 is 0 Å². The van der Waals surface area contributed by atoms with Gasteiger partial charge in [-0.25, -0.2) is 0 Å². The van der Waals surface area contributed by atoms with Crippen LogP contribution in [0.3, 0.4) is 0 Å². The van der Waals surface area contributed by atoms with Crippen molar-refractivity contribution in [2.45, 2.75) is 25.6 Å². The van der Waals surface area contributed by atoms with Gasteiger partial charge in [0.25, 0.3) is 0 Å². The summed E-state index contributed by atoms with van der Waals surface area (Å²) in [6.45, 7) is 6.26. The zero-order valence-electron chi connectivity index (χ0n) is 9.75. The first kappa shape index (κ1) is 11.5. The van der Waals surface area contributed by atoms with Crippen LogP contribution in [0.4, 0.5) is 0 Å². The molecule has 0 saturated heterocycles. The average Bonchev–Trinajstić information content (AvgIpc) is 2.67. The van der Waals surface area contributed by atoms with Crippen LogP contribution in [0.5, 0.6) is 0 Å². The summed E-state index contributed by atoms with van der Waals surface area (Å²) in [4.78, 5) is 0.213. The monoisotopic (exact) mass is 278 g/mol. The number of hydrogen-bond donors (Lipinski definition) is 0. The van der Waals surface area contributed by atoms with Gasteiger partial charge in [0.2, 0.25) is 0 Å². The normalized spacial score (nSPS) is 12.8. The maximum absolute atomic E-state index is 5.33. The zero-order valence-corrected chi connectivity index (χ0v) is 11.3. The number of furan rings is 1. The topological polar surface area (TPSA) is 13.1 Å². The van der Waals surface area contributed by atoms with Crippen LogP contribution < -0.4 is 0 Å². The lowest BCUT2D eigenvalue weighted by atomic mass is 10.0. The maximum atomic E-state index is 5.33. The molecule has 0 radical (unpaired) electrons. The molecule has 0 fully saturated rings. The first-order chi connectivity index (χ1) is 7.59. The summed E-state index contributed by atoms with van der Waals surface area (Å²) in [7, 11) is 0. The van der Waals surface area contributed by atoms with Crippen LogP contribution >= 0.6 is 15.9 Å². The predicted molar refractivity (Wildman–Crippen MR) is 70.1 cm³/mol. The third-order valence-electron chi connectivity index (χ3n) is 3.00. The molecule has 0 spiro atoms. The summed E-state index contributed by atoms with van der Waals surface area (Å²) in [5.74, 6) is 0.972. The van der Waals surface area contributed by atoms with Crippen molar-refractivity contribution in [1.29, 1.82) is 0 Å². The fourth-order valence-electron chi connectivity index (χ4n) is 1.76. The Labute approximate surface area is 105 Å². The molecule has 2 heteroatoms. The number of hydrogen-bond acceptors (Lipinski definition) is 1. The highest BCUT2D eigenvalue weighted by Crippen LogP contribution is 2.33. The molecule has 0 amide bonds. The summed E-state index contributed by atoms with van der Waals surface area (Å²) >= 11 is 3.72. The molecule has 1 heterocycles. The Kier molecular flexibility index (Phi) is 3.20. The van der Waals surface area contributed by atoms with Crippen LogP contribution in [0.1, 0.15) is 32.8 Å². The lowest BCUT2D eigenvalue weighted by molar-refractivity contribution is 0.530. The molecule has 0 aliphatic heterocycles. The van der Waals surface area contributed by atoms with Crippen LogP contribution in [0.2, 0.25) is 0 Å². The average molecular weight is 279 g/mol. The molecule has 0 N–H and O–H groups in total. The van der Waals surface area contributed by atoms with E-state index in [0.717, 1.165) is 5.76 Å². The number of benzene rings is 1. The second-order valence-electron chi connectivity index (χ2n) is 4.14. The molecule has 1 aromatic heterocycles. The molecule has 2 aromatic rings. The Morgan fingerprint density at radius 2 is 1.81 bits per heavy atom. The minimum absolute atomic E-state index is 0.213. The summed E-state index contributed by atoms with van der Waals surface area (Å²) in [5, 5.41) is 0. The third kappa shape index (κ3) is 2.07. The van der Waals surface area contributed by atoms with E-state index in [-0.39, 0.29) is 4.83 Å². The highest BCUT2D eigenvalue weighted by molar-refractivity contribution is 9.09. The van der Waals surface area contributed by atoms with Crippen molar-refractivity contribution in [2.24, 2.45) is 0 Å². The number of halogens is 1. The van der Waals surface area contributed by atoms with Crippen molar-refractivity contribution in [3.05, 3.63) is 58.5 Å². The molecular formula is C14H15BrO. The number of rotatable bonds is 2. The molecule has 0 aliphatic rings. The van der Waals surface area contributed by atoms with Gasteiger partial charge in [-0.3, -0.25) is 0 Å². The van der Waals surface area contributed by atoms with Crippen LogP contribution in [0.25, 0.3) is 0 Å². The van der Waals surface area contributed by atoms with Gasteiger partial charge in [0.15, 0.2) is 0 Å². The fourth-order valence-corrected chi connectivity index (χ4v) is 2.52. The molecular weight excluding hydrogens is 264 g/mol. The second kappa shape index (κ2) is 4.46. The molecule has 1 aromatic carbocycles. The standard InChI is InChI=1S/C14H15BrO/c1-9-4-5-12(8-10(9)2)14(15)13-6-7-16-11(13)3/h4-8,14H,1-3H3. The third-order valence-corrected chi connectivity index (χ3v) is 4.02. The van der Waals surface area contributed by atoms with E-state index in [1.165, 1.54) is 22.3 Å². The van der Waals surface area contributed by atoms with Crippen molar-refractivity contribution < 1.29 is 4.42 Å². The van der Waals surface area contributed by atoms with Gasteiger partial charge in [-0.2, -0.15) is 0 Å². The van der Waals surface area contributed by atoms with Gasteiger partial charge in [-0.1, -0.05) is 34.1 Å². The van der Waals surface area contributed by atoms with Gasteiger partial charge in [-0.05, 0) is 43.5 Å². The van der Waals surface area contributed by atoms with Crippen LogP contribution in [-0.2, 0) is 0 Å². The molecule has 0 saturated carbocycles. The highest BCUT2D eigenvalue weighted by Gasteiger charge is 2.14. The SMILES string of the molecule is Cc1ccc(C(Br)c2ccoc2C)cc1C. The van der Waals surface area contributed by atoms with Crippen molar-refractivity contribution in [1.82, 2.24) is 0 Å².